The fourth-order valence-corrected chi connectivity index (χ4v) is 2.04. The lowest BCUT2D eigenvalue weighted by Crippen LogP contribution is -2.26. The number of ether oxygens (including phenoxy) is 2. The van der Waals surface area contributed by atoms with Crippen LogP contribution in [0.5, 0.6) is 5.75 Å². The Kier molecular flexibility index (Phi) is 5.02. The molecule has 0 radical (unpaired) electrons. The van der Waals surface area contributed by atoms with Crippen molar-refractivity contribution < 1.29 is 9.47 Å². The topological polar surface area (TPSA) is 30.5 Å². The van der Waals surface area contributed by atoms with Crippen molar-refractivity contribution >= 4 is 0 Å². The highest BCUT2D eigenvalue weighted by atomic mass is 16.5. The van der Waals surface area contributed by atoms with Gasteiger partial charge in [0.1, 0.15) is 11.9 Å². The van der Waals surface area contributed by atoms with Gasteiger partial charge in [-0.25, -0.2) is 0 Å². The van der Waals surface area contributed by atoms with E-state index < -0.39 is 0 Å². The molecule has 100 valence electrons. The van der Waals surface area contributed by atoms with Gasteiger partial charge < -0.3 is 14.8 Å². The Morgan fingerprint density at radius 2 is 2.11 bits per heavy atom. The van der Waals surface area contributed by atoms with Crippen molar-refractivity contribution in [3.05, 3.63) is 29.8 Å². The van der Waals surface area contributed by atoms with Crippen molar-refractivity contribution in [2.45, 2.75) is 45.4 Å². The minimum atomic E-state index is 0.312. The van der Waals surface area contributed by atoms with E-state index in [-0.39, 0.29) is 0 Å². The second-order valence-electron chi connectivity index (χ2n) is 5.11. The van der Waals surface area contributed by atoms with Gasteiger partial charge in [0.25, 0.3) is 0 Å². The summed E-state index contributed by atoms with van der Waals surface area (Å²) in [5.41, 5.74) is 1.27. The molecule has 1 saturated heterocycles. The van der Waals surface area contributed by atoms with Gasteiger partial charge in [-0.2, -0.15) is 0 Å². The lowest BCUT2D eigenvalue weighted by atomic mass is 10.1. The first-order valence-electron chi connectivity index (χ1n) is 6.81. The normalized spacial score (nSPS) is 17.1. The summed E-state index contributed by atoms with van der Waals surface area (Å²) in [5.74, 6) is 0.977. The van der Waals surface area contributed by atoms with Crippen molar-refractivity contribution in [3.8, 4) is 5.75 Å². The zero-order valence-corrected chi connectivity index (χ0v) is 11.3. The first-order valence-corrected chi connectivity index (χ1v) is 6.81. The maximum Gasteiger partial charge on any atom is 0.120 e. The van der Waals surface area contributed by atoms with E-state index in [2.05, 4.69) is 37.4 Å². The van der Waals surface area contributed by atoms with Crippen LogP contribution in [0, 0.1) is 0 Å². The number of benzene rings is 1. The summed E-state index contributed by atoms with van der Waals surface area (Å²) in [6, 6.07) is 8.86. The van der Waals surface area contributed by atoms with Gasteiger partial charge in [-0.1, -0.05) is 26.0 Å². The molecule has 0 atom stereocenters. The van der Waals surface area contributed by atoms with Gasteiger partial charge in [0.2, 0.25) is 0 Å². The van der Waals surface area contributed by atoms with Crippen molar-refractivity contribution in [3.63, 3.8) is 0 Å². The van der Waals surface area contributed by atoms with E-state index in [1.165, 1.54) is 5.56 Å². The molecule has 1 fully saturated rings. The molecule has 0 bridgehead atoms. The summed E-state index contributed by atoms with van der Waals surface area (Å²) in [6.07, 6.45) is 2.30. The molecule has 18 heavy (non-hydrogen) atoms. The summed E-state index contributed by atoms with van der Waals surface area (Å²) < 4.78 is 11.3. The highest BCUT2D eigenvalue weighted by molar-refractivity contribution is 5.28. The lowest BCUT2D eigenvalue weighted by Gasteiger charge is -2.23. The largest absolute Gasteiger partial charge is 0.490 e. The minimum Gasteiger partial charge on any atom is -0.490 e. The molecule has 3 nitrogen and oxygen atoms in total. The van der Waals surface area contributed by atoms with Gasteiger partial charge in [0.15, 0.2) is 0 Å². The van der Waals surface area contributed by atoms with Crippen molar-refractivity contribution in [2.75, 3.05) is 13.2 Å². The Labute approximate surface area is 109 Å². The average Bonchev–Trinajstić information content (AvgIpc) is 2.38. The highest BCUT2D eigenvalue weighted by Crippen LogP contribution is 2.19. The smallest absolute Gasteiger partial charge is 0.120 e. The van der Waals surface area contributed by atoms with E-state index in [1.54, 1.807) is 0 Å². The van der Waals surface area contributed by atoms with E-state index in [0.29, 0.717) is 12.1 Å². The molecule has 0 aliphatic carbocycles. The number of hydrogen-bond acceptors (Lipinski definition) is 3. The zero-order chi connectivity index (χ0) is 12.8. The fraction of sp³-hybridized carbons (Fsp3) is 0.600. The molecule has 1 aliphatic heterocycles. The van der Waals surface area contributed by atoms with Crippen LogP contribution >= 0.6 is 0 Å². The molecular formula is C15H23NO2. The molecule has 0 unspecified atom stereocenters. The molecule has 0 spiro atoms. The third-order valence-electron chi connectivity index (χ3n) is 3.08. The van der Waals surface area contributed by atoms with E-state index in [1.807, 2.05) is 6.07 Å². The van der Waals surface area contributed by atoms with E-state index in [4.69, 9.17) is 9.47 Å². The molecule has 1 aromatic rings. The second kappa shape index (κ2) is 6.76. The molecule has 1 heterocycles. The van der Waals surface area contributed by atoms with Gasteiger partial charge >= 0.3 is 0 Å². The Morgan fingerprint density at radius 3 is 2.83 bits per heavy atom. The SMILES string of the molecule is CC(C)NCc1cccc(OC2CCOCC2)c1. The van der Waals surface area contributed by atoms with Crippen LogP contribution < -0.4 is 10.1 Å². The predicted octanol–water partition coefficient (Wildman–Crippen LogP) is 2.74. The van der Waals surface area contributed by atoms with Gasteiger partial charge in [-0.3, -0.25) is 0 Å². The monoisotopic (exact) mass is 249 g/mol. The summed E-state index contributed by atoms with van der Waals surface area (Å²) in [4.78, 5) is 0. The zero-order valence-electron chi connectivity index (χ0n) is 11.3. The van der Waals surface area contributed by atoms with E-state index in [9.17, 15) is 0 Å². The highest BCUT2D eigenvalue weighted by Gasteiger charge is 2.15. The van der Waals surface area contributed by atoms with E-state index >= 15 is 0 Å². The molecule has 0 amide bonds. The first kappa shape index (κ1) is 13.4. The summed E-state index contributed by atoms with van der Waals surface area (Å²) in [6.45, 7) is 6.84. The van der Waals surface area contributed by atoms with Gasteiger partial charge in [-0.05, 0) is 17.7 Å². The third-order valence-corrected chi connectivity index (χ3v) is 3.08. The van der Waals surface area contributed by atoms with Crippen molar-refractivity contribution in [1.82, 2.24) is 5.32 Å². The van der Waals surface area contributed by atoms with Crippen molar-refractivity contribution in [1.29, 1.82) is 0 Å². The first-order chi connectivity index (χ1) is 8.74. The second-order valence-corrected chi connectivity index (χ2v) is 5.11. The van der Waals surface area contributed by atoms with Crippen molar-refractivity contribution in [2.24, 2.45) is 0 Å². The molecule has 1 aromatic carbocycles. The molecule has 1 aliphatic rings. The van der Waals surface area contributed by atoms with Crippen LogP contribution in [0.3, 0.4) is 0 Å². The molecule has 3 heteroatoms. The molecular weight excluding hydrogens is 226 g/mol. The van der Waals surface area contributed by atoms with Crippen LogP contribution in [0.2, 0.25) is 0 Å². The lowest BCUT2D eigenvalue weighted by molar-refractivity contribution is 0.0255. The number of hydrogen-bond donors (Lipinski definition) is 1. The van der Waals surface area contributed by atoms with Gasteiger partial charge in [0.05, 0.1) is 13.2 Å². The van der Waals surface area contributed by atoms with Crippen LogP contribution in [-0.4, -0.2) is 25.4 Å². The molecule has 1 N–H and O–H groups in total. The standard InChI is InChI=1S/C15H23NO2/c1-12(2)16-11-13-4-3-5-15(10-13)18-14-6-8-17-9-7-14/h3-5,10,12,14,16H,6-9,11H2,1-2H3. The Morgan fingerprint density at radius 1 is 1.33 bits per heavy atom. The minimum absolute atomic E-state index is 0.312. The maximum absolute atomic E-state index is 5.99. The molecule has 2 rings (SSSR count). The van der Waals surface area contributed by atoms with E-state index in [0.717, 1.165) is 38.3 Å². The molecule has 0 saturated carbocycles. The van der Waals surface area contributed by atoms with Crippen LogP contribution in [0.4, 0.5) is 0 Å². The summed E-state index contributed by atoms with van der Waals surface area (Å²) >= 11 is 0. The average molecular weight is 249 g/mol. The van der Waals surface area contributed by atoms with Crippen LogP contribution in [0.15, 0.2) is 24.3 Å². The quantitative estimate of drug-likeness (QED) is 0.870. The Bertz CT molecular complexity index is 359. The van der Waals surface area contributed by atoms with Gasteiger partial charge in [-0.15, -0.1) is 0 Å². The van der Waals surface area contributed by atoms with Crippen LogP contribution in [0.1, 0.15) is 32.3 Å². The number of rotatable bonds is 5. The fourth-order valence-electron chi connectivity index (χ4n) is 2.04. The van der Waals surface area contributed by atoms with Crippen LogP contribution in [0.25, 0.3) is 0 Å². The summed E-state index contributed by atoms with van der Waals surface area (Å²) in [7, 11) is 0. The molecule has 0 aromatic heterocycles. The Balaban J connectivity index is 1.89. The Hall–Kier alpha value is -1.06. The predicted molar refractivity (Wildman–Crippen MR) is 72.9 cm³/mol. The number of nitrogens with one attached hydrogen (secondary N) is 1. The summed E-state index contributed by atoms with van der Waals surface area (Å²) in [5, 5.41) is 3.42. The van der Waals surface area contributed by atoms with Crippen LogP contribution in [-0.2, 0) is 11.3 Å². The maximum atomic E-state index is 5.99. The third kappa shape index (κ3) is 4.31. The van der Waals surface area contributed by atoms with Gasteiger partial charge in [0, 0.05) is 25.4 Å².